The van der Waals surface area contributed by atoms with Gasteiger partial charge in [0.15, 0.2) is 0 Å². The summed E-state index contributed by atoms with van der Waals surface area (Å²) < 4.78 is 4.88. The zero-order valence-electron chi connectivity index (χ0n) is 11.0. The first-order valence-electron chi connectivity index (χ1n) is 6.29. The van der Waals surface area contributed by atoms with Crippen molar-refractivity contribution in [2.45, 2.75) is 44.2 Å². The number of hydrogen-bond acceptors (Lipinski definition) is 4. The molecule has 18 heavy (non-hydrogen) atoms. The monoisotopic (exact) mass is 258 g/mol. The molecule has 1 amide bonds. The van der Waals surface area contributed by atoms with Crippen LogP contribution in [0.1, 0.15) is 32.6 Å². The van der Waals surface area contributed by atoms with Crippen molar-refractivity contribution in [3.05, 3.63) is 0 Å². The fourth-order valence-electron chi connectivity index (χ4n) is 2.01. The lowest BCUT2D eigenvalue weighted by Gasteiger charge is -2.40. The highest BCUT2D eigenvalue weighted by molar-refractivity contribution is 5.84. The van der Waals surface area contributed by atoms with E-state index in [9.17, 15) is 9.59 Å². The van der Waals surface area contributed by atoms with Crippen LogP contribution in [0, 0.1) is 0 Å². The number of carboxylic acids is 1. The Balaban J connectivity index is 2.33. The molecule has 3 N–H and O–H groups in total. The minimum atomic E-state index is -0.900. The normalized spacial score (nSPS) is 18.8. The number of ether oxygens (including phenoxy) is 1. The Kier molecular flexibility index (Phi) is 5.55. The van der Waals surface area contributed by atoms with E-state index in [0.29, 0.717) is 26.0 Å². The lowest BCUT2D eigenvalue weighted by molar-refractivity contribution is -0.149. The highest BCUT2D eigenvalue weighted by Crippen LogP contribution is 2.32. The molecule has 6 heteroatoms. The Labute approximate surface area is 107 Å². The Bertz CT molecular complexity index is 302. The summed E-state index contributed by atoms with van der Waals surface area (Å²) in [6, 6.07) is -0.496. The van der Waals surface area contributed by atoms with Crippen LogP contribution in [0.15, 0.2) is 0 Å². The van der Waals surface area contributed by atoms with Gasteiger partial charge in [0.25, 0.3) is 0 Å². The number of amides is 1. The molecule has 0 bridgehead atoms. The van der Waals surface area contributed by atoms with Crippen LogP contribution in [0.3, 0.4) is 0 Å². The van der Waals surface area contributed by atoms with E-state index in [-0.39, 0.29) is 5.91 Å². The predicted molar refractivity (Wildman–Crippen MR) is 66.3 cm³/mol. The van der Waals surface area contributed by atoms with E-state index in [1.165, 1.54) is 0 Å². The molecule has 0 aliphatic heterocycles. The van der Waals surface area contributed by atoms with Gasteiger partial charge in [0, 0.05) is 20.3 Å². The van der Waals surface area contributed by atoms with Gasteiger partial charge in [0.05, 0.1) is 6.04 Å². The fourth-order valence-corrected chi connectivity index (χ4v) is 2.01. The molecule has 104 valence electrons. The standard InChI is InChI=1S/C12H22N2O4/c1-9(10(15)13-7-4-8-18-2)14-12(11(16)17)5-3-6-12/h9,14H,3-8H2,1-2H3,(H,13,15)(H,16,17). The summed E-state index contributed by atoms with van der Waals surface area (Å²) in [5.74, 6) is -1.04. The Hall–Kier alpha value is -1.14. The number of carbonyl (C=O) groups is 2. The van der Waals surface area contributed by atoms with Gasteiger partial charge in [-0.2, -0.15) is 0 Å². The molecular weight excluding hydrogens is 236 g/mol. The minimum Gasteiger partial charge on any atom is -0.480 e. The third kappa shape index (κ3) is 3.68. The van der Waals surface area contributed by atoms with Crippen LogP contribution in [0.4, 0.5) is 0 Å². The number of methoxy groups -OCH3 is 1. The molecule has 1 saturated carbocycles. The number of carbonyl (C=O) groups excluding carboxylic acids is 1. The summed E-state index contributed by atoms with van der Waals surface area (Å²) in [6.45, 7) is 2.83. The van der Waals surface area contributed by atoms with Gasteiger partial charge in [-0.05, 0) is 32.6 Å². The SMILES string of the molecule is COCCCNC(=O)C(C)NC1(C(=O)O)CCC1. The van der Waals surface area contributed by atoms with Crippen LogP contribution >= 0.6 is 0 Å². The number of aliphatic carboxylic acids is 1. The van der Waals surface area contributed by atoms with Crippen LogP contribution in [0.5, 0.6) is 0 Å². The van der Waals surface area contributed by atoms with Crippen LogP contribution in [-0.2, 0) is 14.3 Å². The number of nitrogens with one attached hydrogen (secondary N) is 2. The second kappa shape index (κ2) is 6.70. The van der Waals surface area contributed by atoms with Gasteiger partial charge < -0.3 is 15.2 Å². The molecule has 1 fully saturated rings. The maximum Gasteiger partial charge on any atom is 0.323 e. The van der Waals surface area contributed by atoms with Gasteiger partial charge in [-0.1, -0.05) is 0 Å². The van der Waals surface area contributed by atoms with Crippen molar-refractivity contribution in [3.63, 3.8) is 0 Å². The third-order valence-corrected chi connectivity index (χ3v) is 3.33. The van der Waals surface area contributed by atoms with Crippen molar-refractivity contribution in [2.75, 3.05) is 20.3 Å². The smallest absolute Gasteiger partial charge is 0.323 e. The first-order valence-corrected chi connectivity index (χ1v) is 6.29. The summed E-state index contributed by atoms with van der Waals surface area (Å²) in [4.78, 5) is 22.9. The number of hydrogen-bond donors (Lipinski definition) is 3. The molecule has 1 aliphatic rings. The maximum atomic E-state index is 11.7. The molecule has 1 rings (SSSR count). The topological polar surface area (TPSA) is 87.7 Å². The van der Waals surface area contributed by atoms with Crippen LogP contribution in [0.2, 0.25) is 0 Å². The summed E-state index contributed by atoms with van der Waals surface area (Å²) in [7, 11) is 1.61. The molecule has 1 unspecified atom stereocenters. The number of rotatable bonds is 8. The highest BCUT2D eigenvalue weighted by Gasteiger charge is 2.45. The van der Waals surface area contributed by atoms with Crippen molar-refractivity contribution in [1.29, 1.82) is 0 Å². The minimum absolute atomic E-state index is 0.168. The zero-order valence-corrected chi connectivity index (χ0v) is 11.0. The van der Waals surface area contributed by atoms with Gasteiger partial charge in [-0.15, -0.1) is 0 Å². The van der Waals surface area contributed by atoms with E-state index in [1.54, 1.807) is 14.0 Å². The first kappa shape index (κ1) is 14.9. The highest BCUT2D eigenvalue weighted by atomic mass is 16.5. The van der Waals surface area contributed by atoms with Crippen molar-refractivity contribution in [2.24, 2.45) is 0 Å². The van der Waals surface area contributed by atoms with Crippen molar-refractivity contribution < 1.29 is 19.4 Å². The Morgan fingerprint density at radius 3 is 2.56 bits per heavy atom. The lowest BCUT2D eigenvalue weighted by Crippen LogP contribution is -2.62. The summed E-state index contributed by atoms with van der Waals surface area (Å²) in [6.07, 6.45) is 2.81. The van der Waals surface area contributed by atoms with E-state index in [2.05, 4.69) is 10.6 Å². The molecule has 0 saturated heterocycles. The first-order chi connectivity index (χ1) is 8.52. The molecule has 0 radical (unpaired) electrons. The van der Waals surface area contributed by atoms with Gasteiger partial charge >= 0.3 is 5.97 Å². The second-order valence-electron chi connectivity index (χ2n) is 4.74. The largest absolute Gasteiger partial charge is 0.480 e. The average molecular weight is 258 g/mol. The zero-order chi connectivity index (χ0) is 13.6. The fraction of sp³-hybridized carbons (Fsp3) is 0.833. The van der Waals surface area contributed by atoms with Gasteiger partial charge in [-0.25, -0.2) is 0 Å². The van der Waals surface area contributed by atoms with Crippen LogP contribution in [0.25, 0.3) is 0 Å². The summed E-state index contributed by atoms with van der Waals surface area (Å²) >= 11 is 0. The van der Waals surface area contributed by atoms with E-state index in [4.69, 9.17) is 9.84 Å². The quantitative estimate of drug-likeness (QED) is 0.538. The van der Waals surface area contributed by atoms with Gasteiger partial charge in [-0.3, -0.25) is 14.9 Å². The predicted octanol–water partition coefficient (Wildman–Crippen LogP) is 0.125. The second-order valence-corrected chi connectivity index (χ2v) is 4.74. The molecular formula is C12H22N2O4. The van der Waals surface area contributed by atoms with E-state index < -0.39 is 17.6 Å². The number of carboxylic acid groups (broad SMARTS) is 1. The molecule has 1 aliphatic carbocycles. The van der Waals surface area contributed by atoms with Gasteiger partial charge in [0.2, 0.25) is 5.91 Å². The molecule has 1 atom stereocenters. The third-order valence-electron chi connectivity index (χ3n) is 3.33. The van der Waals surface area contributed by atoms with Crippen LogP contribution < -0.4 is 10.6 Å². The molecule has 0 aromatic heterocycles. The molecule has 6 nitrogen and oxygen atoms in total. The Morgan fingerprint density at radius 2 is 2.11 bits per heavy atom. The summed E-state index contributed by atoms with van der Waals surface area (Å²) in [5.41, 5.74) is -0.900. The van der Waals surface area contributed by atoms with Crippen molar-refractivity contribution >= 4 is 11.9 Å². The van der Waals surface area contributed by atoms with Gasteiger partial charge in [0.1, 0.15) is 5.54 Å². The van der Waals surface area contributed by atoms with E-state index >= 15 is 0 Å². The lowest BCUT2D eigenvalue weighted by atomic mass is 9.76. The molecule has 0 spiro atoms. The molecule has 0 heterocycles. The maximum absolute atomic E-state index is 11.7. The molecule has 0 aromatic carbocycles. The molecule has 0 aromatic rings. The van der Waals surface area contributed by atoms with Crippen molar-refractivity contribution in [3.8, 4) is 0 Å². The Morgan fingerprint density at radius 1 is 1.44 bits per heavy atom. The van der Waals surface area contributed by atoms with Crippen molar-refractivity contribution in [1.82, 2.24) is 10.6 Å². The summed E-state index contributed by atoms with van der Waals surface area (Å²) in [5, 5.41) is 14.8. The van der Waals surface area contributed by atoms with E-state index in [1.807, 2.05) is 0 Å². The van der Waals surface area contributed by atoms with E-state index in [0.717, 1.165) is 12.8 Å². The average Bonchev–Trinajstić information content (AvgIpc) is 2.28. The van der Waals surface area contributed by atoms with Crippen LogP contribution in [-0.4, -0.2) is 48.8 Å².